The number of benzene rings is 2. The number of Topliss-reactive ketones (excluding diaryl/α,β-unsaturated/α-hetero) is 1. The van der Waals surface area contributed by atoms with Crippen LogP contribution in [-0.4, -0.2) is 20.3 Å². The van der Waals surface area contributed by atoms with Crippen molar-refractivity contribution >= 4 is 17.1 Å². The van der Waals surface area contributed by atoms with Crippen LogP contribution in [-0.2, 0) is 25.7 Å². The van der Waals surface area contributed by atoms with Gasteiger partial charge in [-0.15, -0.1) is 11.3 Å². The number of halogens is 2. The fraction of sp³-hybridized carbons (Fsp3) is 0.240. The average molecular weight is 450 g/mol. The van der Waals surface area contributed by atoms with E-state index in [9.17, 15) is 13.6 Å². The van der Waals surface area contributed by atoms with Crippen LogP contribution in [0.25, 0.3) is 16.1 Å². The van der Waals surface area contributed by atoms with Crippen molar-refractivity contribution < 1.29 is 13.6 Å². The van der Waals surface area contributed by atoms with Crippen molar-refractivity contribution in [3.63, 3.8) is 0 Å². The Hall–Kier alpha value is -3.19. The van der Waals surface area contributed by atoms with E-state index in [1.54, 1.807) is 0 Å². The summed E-state index contributed by atoms with van der Waals surface area (Å²) in [7, 11) is 0. The molecule has 1 aliphatic carbocycles. The maximum Gasteiger partial charge on any atom is 0.195 e. The number of rotatable bonds is 5. The first-order chi connectivity index (χ1) is 15.5. The van der Waals surface area contributed by atoms with E-state index >= 15 is 0 Å². The molecule has 2 aromatic carbocycles. The molecular formula is C25H21F2N3OS. The van der Waals surface area contributed by atoms with Gasteiger partial charge >= 0.3 is 0 Å². The number of ketones is 1. The molecule has 0 fully saturated rings. The number of carbonyl (C=O) groups excluding carboxylic acids is 1. The van der Waals surface area contributed by atoms with Crippen LogP contribution in [0.2, 0.25) is 0 Å². The average Bonchev–Trinajstić information content (AvgIpc) is 3.41. The first-order valence-corrected chi connectivity index (χ1v) is 11.5. The zero-order chi connectivity index (χ0) is 22.2. The normalized spacial score (nSPS) is 12.8. The Labute approximate surface area is 188 Å². The van der Waals surface area contributed by atoms with Crippen LogP contribution < -0.4 is 0 Å². The van der Waals surface area contributed by atoms with Gasteiger partial charge in [0.05, 0.1) is 22.6 Å². The third kappa shape index (κ3) is 3.77. The molecule has 2 heterocycles. The van der Waals surface area contributed by atoms with E-state index in [0.29, 0.717) is 5.01 Å². The van der Waals surface area contributed by atoms with Crippen LogP contribution in [0.4, 0.5) is 8.78 Å². The van der Waals surface area contributed by atoms with E-state index in [0.717, 1.165) is 53.2 Å². The van der Waals surface area contributed by atoms with Crippen LogP contribution in [0.5, 0.6) is 0 Å². The van der Waals surface area contributed by atoms with Gasteiger partial charge in [0.15, 0.2) is 10.8 Å². The lowest BCUT2D eigenvalue weighted by Gasteiger charge is -2.09. The Morgan fingerprint density at radius 2 is 1.97 bits per heavy atom. The van der Waals surface area contributed by atoms with Crippen LogP contribution in [0.1, 0.15) is 45.7 Å². The molecule has 0 radical (unpaired) electrons. The number of hydrogen-bond donors (Lipinski definition) is 0. The number of imidazole rings is 1. The molecule has 4 aromatic rings. The fourth-order valence-electron chi connectivity index (χ4n) is 4.08. The van der Waals surface area contributed by atoms with Gasteiger partial charge in [0.1, 0.15) is 11.6 Å². The van der Waals surface area contributed by atoms with Gasteiger partial charge in [-0.2, -0.15) is 0 Å². The quantitative estimate of drug-likeness (QED) is 0.365. The number of aromatic nitrogens is 3. The summed E-state index contributed by atoms with van der Waals surface area (Å²) >= 11 is 1.31. The monoisotopic (exact) mass is 449 g/mol. The number of nitrogens with zero attached hydrogens (tertiary/aromatic N) is 3. The summed E-state index contributed by atoms with van der Waals surface area (Å²) in [6, 6.07) is 9.95. The minimum Gasteiger partial charge on any atom is -0.306 e. The second kappa shape index (κ2) is 8.39. The number of hydrogen-bond acceptors (Lipinski definition) is 4. The predicted octanol–water partition coefficient (Wildman–Crippen LogP) is 5.75. The fourth-order valence-corrected chi connectivity index (χ4v) is 5.18. The van der Waals surface area contributed by atoms with Crippen molar-refractivity contribution in [2.75, 3.05) is 0 Å². The summed E-state index contributed by atoms with van der Waals surface area (Å²) in [6.07, 6.45) is 6.99. The van der Waals surface area contributed by atoms with Crippen molar-refractivity contribution in [1.82, 2.24) is 14.5 Å². The van der Waals surface area contributed by atoms with E-state index in [1.165, 1.54) is 35.1 Å². The topological polar surface area (TPSA) is 47.8 Å². The van der Waals surface area contributed by atoms with Gasteiger partial charge in [0.2, 0.25) is 0 Å². The lowest BCUT2D eigenvalue weighted by atomic mass is 10.0. The van der Waals surface area contributed by atoms with Crippen molar-refractivity contribution in [3.05, 3.63) is 88.1 Å². The Morgan fingerprint density at radius 3 is 2.72 bits per heavy atom. The second-order valence-corrected chi connectivity index (χ2v) is 8.91. The highest BCUT2D eigenvalue weighted by Crippen LogP contribution is 2.38. The molecule has 0 unspecified atom stereocenters. The molecule has 0 spiro atoms. The molecule has 0 N–H and O–H groups in total. The largest absolute Gasteiger partial charge is 0.306 e. The maximum atomic E-state index is 14.0. The van der Waals surface area contributed by atoms with Gasteiger partial charge in [-0.3, -0.25) is 4.79 Å². The molecular weight excluding hydrogens is 428 g/mol. The third-order valence-corrected chi connectivity index (χ3v) is 7.00. The van der Waals surface area contributed by atoms with Crippen LogP contribution in [0, 0.1) is 11.6 Å². The molecule has 0 aliphatic heterocycles. The van der Waals surface area contributed by atoms with E-state index in [-0.39, 0.29) is 17.8 Å². The molecule has 162 valence electrons. The summed E-state index contributed by atoms with van der Waals surface area (Å²) in [6.45, 7) is 2.07. The Balaban J connectivity index is 1.51. The molecule has 0 atom stereocenters. The molecule has 7 heteroatoms. The Morgan fingerprint density at radius 1 is 1.16 bits per heavy atom. The number of carbonyl (C=O) groups is 1. The van der Waals surface area contributed by atoms with Crippen molar-refractivity contribution in [2.24, 2.45) is 0 Å². The summed E-state index contributed by atoms with van der Waals surface area (Å²) in [4.78, 5) is 22.8. The van der Waals surface area contributed by atoms with E-state index < -0.39 is 11.6 Å². The lowest BCUT2D eigenvalue weighted by molar-refractivity contribution is 0.0990. The highest BCUT2D eigenvalue weighted by molar-refractivity contribution is 7.17. The summed E-state index contributed by atoms with van der Waals surface area (Å²) < 4.78 is 30.0. The lowest BCUT2D eigenvalue weighted by Crippen LogP contribution is -2.07. The molecule has 0 saturated carbocycles. The van der Waals surface area contributed by atoms with Gasteiger partial charge in [0, 0.05) is 23.9 Å². The molecule has 5 rings (SSSR count). The van der Waals surface area contributed by atoms with Crippen LogP contribution >= 0.6 is 11.3 Å². The highest BCUT2D eigenvalue weighted by atomic mass is 32.1. The zero-order valence-electron chi connectivity index (χ0n) is 17.6. The van der Waals surface area contributed by atoms with Gasteiger partial charge in [0.25, 0.3) is 0 Å². The SMILES string of the molecule is CCc1cn(-c2ccc3c(c2)-c2sc(C(=O)Cc4c(F)cccc4F)nc2CCC3)cn1. The molecule has 4 nitrogen and oxygen atoms in total. The summed E-state index contributed by atoms with van der Waals surface area (Å²) in [5.41, 5.74) is 4.97. The van der Waals surface area contributed by atoms with Gasteiger partial charge in [-0.25, -0.2) is 18.7 Å². The van der Waals surface area contributed by atoms with Crippen molar-refractivity contribution in [3.8, 4) is 16.1 Å². The highest BCUT2D eigenvalue weighted by Gasteiger charge is 2.24. The predicted molar refractivity (Wildman–Crippen MR) is 120 cm³/mol. The van der Waals surface area contributed by atoms with Gasteiger partial charge in [-0.05, 0) is 61.1 Å². The Bertz CT molecular complexity index is 1300. The second-order valence-electron chi connectivity index (χ2n) is 7.92. The first kappa shape index (κ1) is 20.7. The molecule has 0 amide bonds. The van der Waals surface area contributed by atoms with E-state index in [1.807, 2.05) is 17.1 Å². The van der Waals surface area contributed by atoms with E-state index in [2.05, 4.69) is 35.1 Å². The van der Waals surface area contributed by atoms with Gasteiger partial charge in [-0.1, -0.05) is 19.1 Å². The minimum atomic E-state index is -0.710. The molecule has 0 saturated heterocycles. The third-order valence-electron chi connectivity index (χ3n) is 5.83. The van der Waals surface area contributed by atoms with Crippen LogP contribution in [0.3, 0.4) is 0 Å². The smallest absolute Gasteiger partial charge is 0.195 e. The summed E-state index contributed by atoms with van der Waals surface area (Å²) in [5, 5.41) is 0.298. The molecule has 0 bridgehead atoms. The number of aryl methyl sites for hydroxylation is 3. The molecule has 1 aliphatic rings. The van der Waals surface area contributed by atoms with E-state index in [4.69, 9.17) is 0 Å². The first-order valence-electron chi connectivity index (χ1n) is 10.7. The standard InChI is InChI=1S/C25H21F2N3OS/c1-2-16-13-30(14-28-16)17-10-9-15-5-3-8-22-24(18(15)11-17)32-25(29-22)23(31)12-19-20(26)6-4-7-21(19)27/h4,6-7,9-11,13-14H,2-3,5,8,12H2,1H3. The Kier molecular flexibility index (Phi) is 5.43. The summed E-state index contributed by atoms with van der Waals surface area (Å²) in [5.74, 6) is -1.79. The van der Waals surface area contributed by atoms with Gasteiger partial charge < -0.3 is 4.57 Å². The van der Waals surface area contributed by atoms with Crippen LogP contribution in [0.15, 0.2) is 48.9 Å². The van der Waals surface area contributed by atoms with Crippen molar-refractivity contribution in [1.29, 1.82) is 0 Å². The number of fused-ring (bicyclic) bond motifs is 3. The van der Waals surface area contributed by atoms with Crippen molar-refractivity contribution in [2.45, 2.75) is 39.0 Å². The zero-order valence-corrected chi connectivity index (χ0v) is 18.4. The minimum absolute atomic E-state index is 0.211. The maximum absolute atomic E-state index is 14.0. The molecule has 32 heavy (non-hydrogen) atoms. The molecule has 2 aromatic heterocycles. The number of thiazole rings is 1.